The third-order valence-electron chi connectivity index (χ3n) is 5.83. The van der Waals surface area contributed by atoms with E-state index in [9.17, 15) is 14.4 Å². The average Bonchev–Trinajstić information content (AvgIpc) is 3.25. The van der Waals surface area contributed by atoms with Crippen LogP contribution < -0.4 is 10.2 Å². The Bertz CT molecular complexity index is 1240. The monoisotopic (exact) mass is 509 g/mol. The SMILES string of the molecule is CCOCCCN1C(=O)C(=C2C(=O)N(CC(=O)Nc3ccc(C)cc3C)c3ccccc32)SC1=S. The second-order valence-corrected chi connectivity index (χ2v) is 10.00. The van der Waals surface area contributed by atoms with Gasteiger partial charge in [0.25, 0.3) is 11.8 Å². The van der Waals surface area contributed by atoms with Crippen LogP contribution >= 0.6 is 24.0 Å². The van der Waals surface area contributed by atoms with Crippen LogP contribution in [0.15, 0.2) is 47.4 Å². The average molecular weight is 510 g/mol. The number of carbonyl (C=O) groups is 3. The van der Waals surface area contributed by atoms with Gasteiger partial charge in [0, 0.05) is 31.0 Å². The third-order valence-corrected chi connectivity index (χ3v) is 7.28. The molecule has 0 saturated carbocycles. The predicted octanol–water partition coefficient (Wildman–Crippen LogP) is 4.29. The largest absolute Gasteiger partial charge is 0.382 e. The number of carbonyl (C=O) groups excluding carboxylic acids is 3. The summed E-state index contributed by atoms with van der Waals surface area (Å²) in [6.07, 6.45) is 0.651. The van der Waals surface area contributed by atoms with E-state index in [1.54, 1.807) is 12.1 Å². The fraction of sp³-hybridized carbons (Fsp3) is 0.308. The molecule has 0 atom stereocenters. The lowest BCUT2D eigenvalue weighted by atomic mass is 10.1. The number of thiocarbonyl (C=S) groups is 1. The zero-order valence-electron chi connectivity index (χ0n) is 19.9. The van der Waals surface area contributed by atoms with E-state index in [-0.39, 0.29) is 24.3 Å². The van der Waals surface area contributed by atoms with Crippen LogP contribution in [0.1, 0.15) is 30.0 Å². The smallest absolute Gasteiger partial charge is 0.267 e. The molecule has 2 aliphatic heterocycles. The quantitative estimate of drug-likeness (QED) is 0.325. The summed E-state index contributed by atoms with van der Waals surface area (Å²) in [4.78, 5) is 42.9. The van der Waals surface area contributed by atoms with Crippen LogP contribution in [0.4, 0.5) is 11.4 Å². The highest BCUT2D eigenvalue weighted by atomic mass is 32.2. The van der Waals surface area contributed by atoms with Gasteiger partial charge in [-0.05, 0) is 44.9 Å². The van der Waals surface area contributed by atoms with Crippen molar-refractivity contribution < 1.29 is 19.1 Å². The maximum absolute atomic E-state index is 13.5. The van der Waals surface area contributed by atoms with Crippen LogP contribution in [0.3, 0.4) is 0 Å². The number of anilines is 2. The molecule has 0 unspecified atom stereocenters. The molecule has 0 spiro atoms. The van der Waals surface area contributed by atoms with E-state index >= 15 is 0 Å². The minimum atomic E-state index is -0.378. The Labute approximate surface area is 214 Å². The van der Waals surface area contributed by atoms with Crippen molar-refractivity contribution in [3.63, 3.8) is 0 Å². The van der Waals surface area contributed by atoms with E-state index in [4.69, 9.17) is 17.0 Å². The molecule has 0 bridgehead atoms. The summed E-state index contributed by atoms with van der Waals surface area (Å²) < 4.78 is 5.78. The fourth-order valence-electron chi connectivity index (χ4n) is 4.15. The first-order valence-corrected chi connectivity index (χ1v) is 12.7. The molecular formula is C26H27N3O4S2. The lowest BCUT2D eigenvalue weighted by Crippen LogP contribution is -2.35. The topological polar surface area (TPSA) is 79.0 Å². The molecule has 1 fully saturated rings. The molecule has 0 aromatic heterocycles. The van der Waals surface area contributed by atoms with Gasteiger partial charge < -0.3 is 10.1 Å². The van der Waals surface area contributed by atoms with Gasteiger partial charge in [-0.15, -0.1) is 0 Å². The summed E-state index contributed by atoms with van der Waals surface area (Å²) in [6, 6.07) is 13.0. The van der Waals surface area contributed by atoms with Crippen LogP contribution in [0.25, 0.3) is 5.57 Å². The first-order valence-electron chi connectivity index (χ1n) is 11.5. The van der Waals surface area contributed by atoms with Crippen LogP contribution in [-0.2, 0) is 19.1 Å². The number of amides is 3. The van der Waals surface area contributed by atoms with Crippen molar-refractivity contribution >= 4 is 63.0 Å². The number of fused-ring (bicyclic) bond motifs is 1. The van der Waals surface area contributed by atoms with E-state index < -0.39 is 0 Å². The summed E-state index contributed by atoms with van der Waals surface area (Å²) in [5.41, 5.74) is 4.28. The summed E-state index contributed by atoms with van der Waals surface area (Å²) in [7, 11) is 0. The minimum absolute atomic E-state index is 0.165. The van der Waals surface area contributed by atoms with Gasteiger partial charge in [-0.3, -0.25) is 24.2 Å². The maximum atomic E-state index is 13.5. The molecule has 2 aromatic rings. The van der Waals surface area contributed by atoms with Crippen LogP contribution in [-0.4, -0.2) is 53.2 Å². The highest BCUT2D eigenvalue weighted by Gasteiger charge is 2.42. The molecule has 1 N–H and O–H groups in total. The number of para-hydroxylation sites is 1. The summed E-state index contributed by atoms with van der Waals surface area (Å²) >= 11 is 6.58. The van der Waals surface area contributed by atoms with Crippen LogP contribution in [0.2, 0.25) is 0 Å². The molecule has 182 valence electrons. The minimum Gasteiger partial charge on any atom is -0.382 e. The molecule has 9 heteroatoms. The molecular weight excluding hydrogens is 482 g/mol. The molecule has 0 aliphatic carbocycles. The van der Waals surface area contributed by atoms with Crippen molar-refractivity contribution in [1.82, 2.24) is 4.90 Å². The highest BCUT2D eigenvalue weighted by Crippen LogP contribution is 2.44. The standard InChI is InChI=1S/C26H27N3O4S2/c1-4-33-13-7-12-28-25(32)23(35-26(28)34)22-18-8-5-6-9-20(18)29(24(22)31)15-21(30)27-19-11-10-16(2)14-17(19)3/h5-6,8-11,14H,4,7,12-13,15H2,1-3H3,(H,27,30). The second-order valence-electron chi connectivity index (χ2n) is 8.35. The van der Waals surface area contributed by atoms with Crippen molar-refractivity contribution in [3.8, 4) is 0 Å². The number of nitrogens with zero attached hydrogens (tertiary/aromatic N) is 2. The highest BCUT2D eigenvalue weighted by molar-refractivity contribution is 8.26. The molecule has 7 nitrogen and oxygen atoms in total. The van der Waals surface area contributed by atoms with E-state index in [1.165, 1.54) is 9.80 Å². The van der Waals surface area contributed by atoms with E-state index in [2.05, 4.69) is 5.32 Å². The Morgan fingerprint density at radius 2 is 1.86 bits per heavy atom. The zero-order valence-corrected chi connectivity index (χ0v) is 21.6. The second kappa shape index (κ2) is 10.7. The molecule has 3 amide bonds. The van der Waals surface area contributed by atoms with Gasteiger partial charge in [0.05, 0.1) is 16.2 Å². The Morgan fingerprint density at radius 1 is 1.09 bits per heavy atom. The molecule has 2 heterocycles. The molecule has 0 radical (unpaired) electrons. The summed E-state index contributed by atoms with van der Waals surface area (Å²) in [5, 5.41) is 2.89. The summed E-state index contributed by atoms with van der Waals surface area (Å²) in [6.45, 7) is 7.24. The van der Waals surface area contributed by atoms with Crippen molar-refractivity contribution in [2.75, 3.05) is 36.5 Å². The van der Waals surface area contributed by atoms with Gasteiger partial charge in [0.2, 0.25) is 5.91 Å². The first kappa shape index (κ1) is 25.1. The van der Waals surface area contributed by atoms with Crippen molar-refractivity contribution in [2.45, 2.75) is 27.2 Å². The first-order chi connectivity index (χ1) is 16.8. The number of nitrogens with one attached hydrogen (secondary N) is 1. The number of benzene rings is 2. The van der Waals surface area contributed by atoms with E-state index in [0.29, 0.717) is 57.9 Å². The Balaban J connectivity index is 1.57. The van der Waals surface area contributed by atoms with Gasteiger partial charge in [-0.2, -0.15) is 0 Å². The number of thioether (sulfide) groups is 1. The van der Waals surface area contributed by atoms with Gasteiger partial charge >= 0.3 is 0 Å². The predicted molar refractivity (Wildman–Crippen MR) is 143 cm³/mol. The Hall–Kier alpha value is -3.01. The van der Waals surface area contributed by atoms with Crippen molar-refractivity contribution in [2.24, 2.45) is 0 Å². The van der Waals surface area contributed by atoms with Gasteiger partial charge in [0.15, 0.2) is 0 Å². The maximum Gasteiger partial charge on any atom is 0.267 e. The zero-order chi connectivity index (χ0) is 25.1. The number of aryl methyl sites for hydroxylation is 2. The fourth-order valence-corrected chi connectivity index (χ4v) is 5.54. The van der Waals surface area contributed by atoms with Crippen molar-refractivity contribution in [3.05, 3.63) is 64.1 Å². The normalized spacial score (nSPS) is 17.4. The molecule has 1 saturated heterocycles. The van der Waals surface area contributed by atoms with Crippen molar-refractivity contribution in [1.29, 1.82) is 0 Å². The number of hydrogen-bond acceptors (Lipinski definition) is 6. The van der Waals surface area contributed by atoms with Gasteiger partial charge in [-0.25, -0.2) is 0 Å². The number of hydrogen-bond donors (Lipinski definition) is 1. The molecule has 4 rings (SSSR count). The molecule has 35 heavy (non-hydrogen) atoms. The van der Waals surface area contributed by atoms with E-state index in [0.717, 1.165) is 22.9 Å². The lowest BCUT2D eigenvalue weighted by molar-refractivity contribution is -0.122. The van der Waals surface area contributed by atoms with Crippen LogP contribution in [0, 0.1) is 13.8 Å². The third kappa shape index (κ3) is 5.17. The van der Waals surface area contributed by atoms with Crippen LogP contribution in [0.5, 0.6) is 0 Å². The molecule has 2 aromatic carbocycles. The lowest BCUT2D eigenvalue weighted by Gasteiger charge is -2.17. The van der Waals surface area contributed by atoms with Gasteiger partial charge in [-0.1, -0.05) is 59.9 Å². The van der Waals surface area contributed by atoms with Gasteiger partial charge in [0.1, 0.15) is 10.9 Å². The Kier molecular flexibility index (Phi) is 7.69. The number of rotatable bonds is 8. The number of ether oxygens (including phenoxy) is 1. The Morgan fingerprint density at radius 3 is 2.60 bits per heavy atom. The molecule has 2 aliphatic rings. The summed E-state index contributed by atoms with van der Waals surface area (Å²) in [5.74, 6) is -0.974. The van der Waals surface area contributed by atoms with E-state index in [1.807, 2.05) is 51.1 Å².